The molecule has 0 bridgehead atoms. The van der Waals surface area contributed by atoms with Gasteiger partial charge in [-0.15, -0.1) is 0 Å². The lowest BCUT2D eigenvalue weighted by Gasteiger charge is -2.34. The summed E-state index contributed by atoms with van der Waals surface area (Å²) in [5, 5.41) is 0. The topological polar surface area (TPSA) is 40.6 Å². The Hall–Kier alpha value is -1.33. The van der Waals surface area contributed by atoms with Crippen molar-refractivity contribution in [3.8, 4) is 0 Å². The van der Waals surface area contributed by atoms with E-state index in [0.717, 1.165) is 27.4 Å². The summed E-state index contributed by atoms with van der Waals surface area (Å²) >= 11 is 0. The number of alkyl halides is 6. The van der Waals surface area contributed by atoms with Crippen LogP contribution in [0.25, 0.3) is 0 Å². The second-order valence-corrected chi connectivity index (χ2v) is 7.26. The second kappa shape index (κ2) is 6.52. The SMILES string of the molecule is O=S(=O)(c1cccc(C(F)(F)F)c1)N1CCN(CC(F)(F)F)CC1. The van der Waals surface area contributed by atoms with E-state index >= 15 is 0 Å². The number of halogens is 6. The lowest BCUT2D eigenvalue weighted by atomic mass is 10.2. The Morgan fingerprint density at radius 3 is 2.04 bits per heavy atom. The van der Waals surface area contributed by atoms with Crippen LogP contribution >= 0.6 is 0 Å². The number of rotatable bonds is 3. The van der Waals surface area contributed by atoms with E-state index in [0.29, 0.717) is 6.07 Å². The number of benzene rings is 1. The van der Waals surface area contributed by atoms with E-state index in [1.54, 1.807) is 0 Å². The average molecular weight is 376 g/mol. The third kappa shape index (κ3) is 4.61. The molecule has 0 N–H and O–H groups in total. The Bertz CT molecular complexity index is 678. The van der Waals surface area contributed by atoms with Crippen LogP contribution in [-0.2, 0) is 16.2 Å². The fourth-order valence-corrected chi connectivity index (χ4v) is 3.83. The highest BCUT2D eigenvalue weighted by atomic mass is 32.2. The van der Waals surface area contributed by atoms with Crippen LogP contribution < -0.4 is 0 Å². The second-order valence-electron chi connectivity index (χ2n) is 5.32. The minimum absolute atomic E-state index is 0.141. The fraction of sp³-hybridized carbons (Fsp3) is 0.538. The number of piperazine rings is 1. The predicted octanol–water partition coefficient (Wildman–Crippen LogP) is 2.57. The molecule has 0 aromatic heterocycles. The lowest BCUT2D eigenvalue weighted by Crippen LogP contribution is -2.50. The predicted molar refractivity (Wildman–Crippen MR) is 72.7 cm³/mol. The molecule has 1 aromatic carbocycles. The normalized spacial score (nSPS) is 18.8. The summed E-state index contributed by atoms with van der Waals surface area (Å²) in [5.41, 5.74) is -1.10. The van der Waals surface area contributed by atoms with Crippen LogP contribution in [0.2, 0.25) is 0 Å². The monoisotopic (exact) mass is 376 g/mol. The molecule has 0 amide bonds. The molecule has 1 aliphatic heterocycles. The maximum atomic E-state index is 12.7. The van der Waals surface area contributed by atoms with Crippen molar-refractivity contribution in [2.24, 2.45) is 0 Å². The fourth-order valence-electron chi connectivity index (χ4n) is 2.36. The number of sulfonamides is 1. The van der Waals surface area contributed by atoms with E-state index in [4.69, 9.17) is 0 Å². The standard InChI is InChI=1S/C13H14F6N2O2S/c14-12(15,16)9-20-4-6-21(7-5-20)24(22,23)11-3-1-2-10(8-11)13(17,18)19/h1-3,8H,4-7,9H2. The van der Waals surface area contributed by atoms with Gasteiger partial charge in [0.15, 0.2) is 0 Å². The van der Waals surface area contributed by atoms with Gasteiger partial charge in [0.1, 0.15) is 0 Å². The Labute approximate surface area is 134 Å². The molecule has 0 spiro atoms. The quantitative estimate of drug-likeness (QED) is 0.762. The van der Waals surface area contributed by atoms with Crippen molar-refractivity contribution in [1.82, 2.24) is 9.21 Å². The van der Waals surface area contributed by atoms with Gasteiger partial charge in [0.05, 0.1) is 17.0 Å². The number of nitrogens with zero attached hydrogens (tertiary/aromatic N) is 2. The zero-order valence-corrected chi connectivity index (χ0v) is 13.0. The third-order valence-electron chi connectivity index (χ3n) is 3.53. The van der Waals surface area contributed by atoms with Crippen LogP contribution in [0.1, 0.15) is 5.56 Å². The summed E-state index contributed by atoms with van der Waals surface area (Å²) in [5.74, 6) is 0. The van der Waals surface area contributed by atoms with Gasteiger partial charge in [-0.25, -0.2) is 8.42 Å². The van der Waals surface area contributed by atoms with Crippen LogP contribution in [0.5, 0.6) is 0 Å². The molecule has 1 saturated heterocycles. The lowest BCUT2D eigenvalue weighted by molar-refractivity contribution is -0.148. The van der Waals surface area contributed by atoms with Crippen molar-refractivity contribution in [2.75, 3.05) is 32.7 Å². The van der Waals surface area contributed by atoms with Crippen LogP contribution in [0, 0.1) is 0 Å². The molecule has 0 unspecified atom stereocenters. The summed E-state index contributed by atoms with van der Waals surface area (Å²) in [6.45, 7) is -1.86. The van der Waals surface area contributed by atoms with E-state index in [-0.39, 0.29) is 26.2 Å². The van der Waals surface area contributed by atoms with Crippen molar-refractivity contribution < 1.29 is 34.8 Å². The Kier molecular flexibility index (Phi) is 5.17. The third-order valence-corrected chi connectivity index (χ3v) is 5.43. The van der Waals surface area contributed by atoms with E-state index < -0.39 is 39.4 Å². The molecule has 0 saturated carbocycles. The van der Waals surface area contributed by atoms with Gasteiger partial charge in [-0.1, -0.05) is 6.07 Å². The van der Waals surface area contributed by atoms with Gasteiger partial charge in [0.2, 0.25) is 10.0 Å². The van der Waals surface area contributed by atoms with Gasteiger partial charge in [-0.3, -0.25) is 4.90 Å². The molecule has 2 rings (SSSR count). The molecule has 1 fully saturated rings. The minimum atomic E-state index is -4.68. The first-order chi connectivity index (χ1) is 10.9. The van der Waals surface area contributed by atoms with Crippen LogP contribution in [0.15, 0.2) is 29.2 Å². The number of hydrogen-bond donors (Lipinski definition) is 0. The Morgan fingerprint density at radius 1 is 0.958 bits per heavy atom. The van der Waals surface area contributed by atoms with Gasteiger partial charge in [0, 0.05) is 26.2 Å². The molecule has 1 aromatic rings. The molecular weight excluding hydrogens is 362 g/mol. The summed E-state index contributed by atoms with van der Waals surface area (Å²) in [6, 6.07) is 3.29. The molecule has 0 radical (unpaired) electrons. The first-order valence-corrected chi connectivity index (χ1v) is 8.30. The molecule has 0 atom stereocenters. The van der Waals surface area contributed by atoms with Crippen molar-refractivity contribution in [3.63, 3.8) is 0 Å². The Morgan fingerprint density at radius 2 is 1.54 bits per heavy atom. The largest absolute Gasteiger partial charge is 0.416 e. The molecule has 24 heavy (non-hydrogen) atoms. The Balaban J connectivity index is 2.13. The van der Waals surface area contributed by atoms with Crippen molar-refractivity contribution in [3.05, 3.63) is 29.8 Å². The van der Waals surface area contributed by atoms with Crippen molar-refractivity contribution in [1.29, 1.82) is 0 Å². The van der Waals surface area contributed by atoms with Gasteiger partial charge in [-0.2, -0.15) is 30.6 Å². The molecule has 1 aliphatic rings. The van der Waals surface area contributed by atoms with Crippen LogP contribution in [-0.4, -0.2) is 56.5 Å². The minimum Gasteiger partial charge on any atom is -0.292 e. The van der Waals surface area contributed by atoms with E-state index in [2.05, 4.69) is 0 Å². The smallest absolute Gasteiger partial charge is 0.292 e. The first kappa shape index (κ1) is 19.0. The highest BCUT2D eigenvalue weighted by molar-refractivity contribution is 7.89. The van der Waals surface area contributed by atoms with Crippen molar-refractivity contribution >= 4 is 10.0 Å². The maximum absolute atomic E-state index is 12.7. The molecule has 136 valence electrons. The van der Waals surface area contributed by atoms with Crippen LogP contribution in [0.3, 0.4) is 0 Å². The molecule has 0 aliphatic carbocycles. The zero-order chi connectivity index (χ0) is 18.2. The van der Waals surface area contributed by atoms with Gasteiger partial charge < -0.3 is 0 Å². The van der Waals surface area contributed by atoms with E-state index in [9.17, 15) is 34.8 Å². The van der Waals surface area contributed by atoms with E-state index in [1.165, 1.54) is 0 Å². The summed E-state index contributed by atoms with van der Waals surface area (Å²) in [4.78, 5) is 0.527. The zero-order valence-electron chi connectivity index (χ0n) is 12.2. The molecule has 1 heterocycles. The van der Waals surface area contributed by atoms with Crippen LogP contribution in [0.4, 0.5) is 26.3 Å². The van der Waals surface area contributed by atoms with Crippen molar-refractivity contribution in [2.45, 2.75) is 17.2 Å². The van der Waals surface area contributed by atoms with E-state index in [1.807, 2.05) is 0 Å². The molecule has 11 heteroatoms. The average Bonchev–Trinajstić information content (AvgIpc) is 2.45. The van der Waals surface area contributed by atoms with Gasteiger partial charge in [0.25, 0.3) is 0 Å². The summed E-state index contributed by atoms with van der Waals surface area (Å²) < 4.78 is 101. The summed E-state index contributed by atoms with van der Waals surface area (Å²) in [7, 11) is -4.19. The highest BCUT2D eigenvalue weighted by Gasteiger charge is 2.36. The summed E-state index contributed by atoms with van der Waals surface area (Å²) in [6.07, 6.45) is -9.07. The molecular formula is C13H14F6N2O2S. The number of hydrogen-bond acceptors (Lipinski definition) is 3. The maximum Gasteiger partial charge on any atom is 0.416 e. The highest BCUT2D eigenvalue weighted by Crippen LogP contribution is 2.31. The van der Waals surface area contributed by atoms with Gasteiger partial charge >= 0.3 is 12.4 Å². The van der Waals surface area contributed by atoms with Gasteiger partial charge in [-0.05, 0) is 18.2 Å². The molecule has 4 nitrogen and oxygen atoms in total. The first-order valence-electron chi connectivity index (χ1n) is 6.86.